The summed E-state index contributed by atoms with van der Waals surface area (Å²) in [5.74, 6) is 0.640. The van der Waals surface area contributed by atoms with Gasteiger partial charge in [0.05, 0.1) is 6.61 Å². The van der Waals surface area contributed by atoms with Crippen LogP contribution >= 0.6 is 0 Å². The van der Waals surface area contributed by atoms with Crippen LogP contribution in [-0.4, -0.2) is 52.2 Å². The van der Waals surface area contributed by atoms with Gasteiger partial charge in [0, 0.05) is 37.9 Å². The highest BCUT2D eigenvalue weighted by Gasteiger charge is 2.27. The first-order valence-electron chi connectivity index (χ1n) is 6.88. The second kappa shape index (κ2) is 7.51. The number of nitrogens with one attached hydrogen (secondary N) is 1. The average Bonchev–Trinajstić information content (AvgIpc) is 2.47. The molecule has 0 saturated carbocycles. The molecule has 1 aromatic rings. The number of alkyl halides is 3. The van der Waals surface area contributed by atoms with E-state index in [1.807, 2.05) is 18.2 Å². The van der Waals surface area contributed by atoms with E-state index in [0.717, 1.165) is 31.9 Å². The molecule has 0 unspecified atom stereocenters. The number of ether oxygens (including phenoxy) is 2. The molecule has 1 saturated heterocycles. The fourth-order valence-electron chi connectivity index (χ4n) is 2.10. The number of hydrogen-bond acceptors (Lipinski definition) is 4. The molecule has 1 aliphatic heterocycles. The minimum absolute atomic E-state index is 0.0859. The third-order valence-corrected chi connectivity index (χ3v) is 3.06. The predicted octanol–water partition coefficient (Wildman–Crippen LogP) is 2.05. The number of benzene rings is 1. The Labute approximate surface area is 121 Å². The fourth-order valence-corrected chi connectivity index (χ4v) is 2.10. The Morgan fingerprint density at radius 1 is 1.14 bits per heavy atom. The van der Waals surface area contributed by atoms with Gasteiger partial charge < -0.3 is 19.7 Å². The Morgan fingerprint density at radius 3 is 2.62 bits per heavy atom. The molecule has 0 amide bonds. The van der Waals surface area contributed by atoms with Crippen molar-refractivity contribution in [3.05, 3.63) is 24.3 Å². The molecular weight excluding hydrogens is 285 g/mol. The smallest absolute Gasteiger partial charge is 0.411 e. The lowest BCUT2D eigenvalue weighted by Gasteiger charge is -2.29. The van der Waals surface area contributed by atoms with Crippen molar-refractivity contribution in [2.45, 2.75) is 6.18 Å². The van der Waals surface area contributed by atoms with E-state index in [-0.39, 0.29) is 13.2 Å². The van der Waals surface area contributed by atoms with Crippen molar-refractivity contribution in [2.24, 2.45) is 0 Å². The molecule has 1 heterocycles. The van der Waals surface area contributed by atoms with Crippen molar-refractivity contribution >= 4 is 5.69 Å². The minimum atomic E-state index is -4.29. The third kappa shape index (κ3) is 5.81. The second-order valence-electron chi connectivity index (χ2n) is 4.75. The normalized spacial score (nSPS) is 16.0. The number of anilines is 1. The Balaban J connectivity index is 1.76. The lowest BCUT2D eigenvalue weighted by atomic mass is 10.2. The molecule has 1 aliphatic rings. The summed E-state index contributed by atoms with van der Waals surface area (Å²) in [6.45, 7) is 2.51. The first-order valence-corrected chi connectivity index (χ1v) is 6.88. The maximum absolute atomic E-state index is 11.9. The summed E-state index contributed by atoms with van der Waals surface area (Å²) in [5, 5.41) is 3.28. The molecule has 4 nitrogen and oxygen atoms in total. The monoisotopic (exact) mass is 304 g/mol. The van der Waals surface area contributed by atoms with Crippen LogP contribution in [0.2, 0.25) is 0 Å². The molecule has 7 heteroatoms. The summed E-state index contributed by atoms with van der Waals surface area (Å²) >= 11 is 0. The van der Waals surface area contributed by atoms with Gasteiger partial charge >= 0.3 is 6.18 Å². The van der Waals surface area contributed by atoms with Gasteiger partial charge in [-0.1, -0.05) is 6.07 Å². The first-order chi connectivity index (χ1) is 10.0. The van der Waals surface area contributed by atoms with Gasteiger partial charge in [0.25, 0.3) is 0 Å². The van der Waals surface area contributed by atoms with E-state index in [4.69, 9.17) is 4.74 Å². The maximum Gasteiger partial charge on any atom is 0.411 e. The number of piperazine rings is 1. The molecular formula is C14H19F3N2O2. The van der Waals surface area contributed by atoms with Crippen LogP contribution in [0.5, 0.6) is 5.75 Å². The van der Waals surface area contributed by atoms with Crippen molar-refractivity contribution in [1.29, 1.82) is 0 Å². The van der Waals surface area contributed by atoms with Crippen LogP contribution < -0.4 is 15.0 Å². The maximum atomic E-state index is 11.9. The highest BCUT2D eigenvalue weighted by Crippen LogP contribution is 2.21. The van der Waals surface area contributed by atoms with Crippen molar-refractivity contribution < 1.29 is 22.6 Å². The molecule has 1 N–H and O–H groups in total. The van der Waals surface area contributed by atoms with Crippen molar-refractivity contribution in [3.63, 3.8) is 0 Å². The lowest BCUT2D eigenvalue weighted by molar-refractivity contribution is -0.175. The summed E-state index contributed by atoms with van der Waals surface area (Å²) in [5.41, 5.74) is 1.06. The van der Waals surface area contributed by atoms with Crippen LogP contribution in [0.25, 0.3) is 0 Å². The Morgan fingerprint density at radius 2 is 1.90 bits per heavy atom. The van der Waals surface area contributed by atoms with Gasteiger partial charge in [-0.25, -0.2) is 0 Å². The van der Waals surface area contributed by atoms with Crippen molar-refractivity contribution in [1.82, 2.24) is 5.32 Å². The van der Waals surface area contributed by atoms with Gasteiger partial charge in [0.1, 0.15) is 19.0 Å². The van der Waals surface area contributed by atoms with Gasteiger partial charge in [-0.05, 0) is 12.1 Å². The summed E-state index contributed by atoms with van der Waals surface area (Å²) in [7, 11) is 0. The van der Waals surface area contributed by atoms with Crippen LogP contribution in [0.1, 0.15) is 0 Å². The average molecular weight is 304 g/mol. The number of rotatable bonds is 6. The van der Waals surface area contributed by atoms with Gasteiger partial charge in [0.15, 0.2) is 0 Å². The van der Waals surface area contributed by atoms with E-state index >= 15 is 0 Å². The summed E-state index contributed by atoms with van der Waals surface area (Å²) in [4.78, 5) is 2.24. The Bertz CT molecular complexity index is 434. The van der Waals surface area contributed by atoms with Crippen LogP contribution in [0.4, 0.5) is 18.9 Å². The molecule has 0 aliphatic carbocycles. The predicted molar refractivity (Wildman–Crippen MR) is 73.9 cm³/mol. The van der Waals surface area contributed by atoms with Gasteiger partial charge in [-0.3, -0.25) is 0 Å². The van der Waals surface area contributed by atoms with Gasteiger partial charge in [0.2, 0.25) is 0 Å². The molecule has 0 bridgehead atoms. The molecule has 0 atom stereocenters. The largest absolute Gasteiger partial charge is 0.491 e. The van der Waals surface area contributed by atoms with E-state index in [2.05, 4.69) is 15.0 Å². The zero-order chi connectivity index (χ0) is 15.1. The molecule has 2 rings (SSSR count). The topological polar surface area (TPSA) is 33.7 Å². The SMILES string of the molecule is FC(F)(F)COCCOc1cccc(N2CCNCC2)c1. The van der Waals surface area contributed by atoms with Crippen LogP contribution in [0.15, 0.2) is 24.3 Å². The first kappa shape index (κ1) is 15.9. The second-order valence-corrected chi connectivity index (χ2v) is 4.75. The molecule has 21 heavy (non-hydrogen) atoms. The van der Waals surface area contributed by atoms with Crippen molar-refractivity contribution in [2.75, 3.05) is 50.9 Å². The molecule has 1 fully saturated rings. The van der Waals surface area contributed by atoms with E-state index in [1.54, 1.807) is 6.07 Å². The van der Waals surface area contributed by atoms with Gasteiger partial charge in [-0.2, -0.15) is 13.2 Å². The quantitative estimate of drug-likeness (QED) is 0.816. The van der Waals surface area contributed by atoms with Crippen molar-refractivity contribution in [3.8, 4) is 5.75 Å². The standard InChI is InChI=1S/C14H19F3N2O2/c15-14(16,17)11-20-8-9-21-13-3-1-2-12(10-13)19-6-4-18-5-7-19/h1-3,10,18H,4-9,11H2. The van der Waals surface area contributed by atoms with Crippen LogP contribution in [-0.2, 0) is 4.74 Å². The Hall–Kier alpha value is -1.47. The zero-order valence-electron chi connectivity index (χ0n) is 11.7. The number of halogens is 3. The fraction of sp³-hybridized carbons (Fsp3) is 0.571. The Kier molecular flexibility index (Phi) is 5.69. The molecule has 0 radical (unpaired) electrons. The molecule has 0 spiro atoms. The van der Waals surface area contributed by atoms with Crippen LogP contribution in [0, 0.1) is 0 Å². The van der Waals surface area contributed by atoms with E-state index < -0.39 is 12.8 Å². The minimum Gasteiger partial charge on any atom is -0.491 e. The van der Waals surface area contributed by atoms with E-state index in [1.165, 1.54) is 0 Å². The van der Waals surface area contributed by atoms with Crippen LogP contribution in [0.3, 0.4) is 0 Å². The van der Waals surface area contributed by atoms with E-state index in [9.17, 15) is 13.2 Å². The third-order valence-electron chi connectivity index (χ3n) is 3.06. The highest BCUT2D eigenvalue weighted by molar-refractivity contribution is 5.51. The molecule has 1 aromatic carbocycles. The van der Waals surface area contributed by atoms with E-state index in [0.29, 0.717) is 5.75 Å². The van der Waals surface area contributed by atoms with Gasteiger partial charge in [-0.15, -0.1) is 0 Å². The summed E-state index contributed by atoms with van der Waals surface area (Å²) in [6.07, 6.45) is -4.29. The summed E-state index contributed by atoms with van der Waals surface area (Å²) < 4.78 is 45.6. The highest BCUT2D eigenvalue weighted by atomic mass is 19.4. The number of nitrogens with zero attached hydrogens (tertiary/aromatic N) is 1. The number of hydrogen-bond donors (Lipinski definition) is 1. The lowest BCUT2D eigenvalue weighted by Crippen LogP contribution is -2.43. The summed E-state index contributed by atoms with van der Waals surface area (Å²) in [6, 6.07) is 7.56. The zero-order valence-corrected chi connectivity index (χ0v) is 11.7. The molecule has 118 valence electrons. The molecule has 0 aromatic heterocycles.